The number of hydrogen-bond donors (Lipinski definition) is 0. The van der Waals surface area contributed by atoms with Crippen LogP contribution in [-0.4, -0.2) is 41.8 Å². The topological polar surface area (TPSA) is 118 Å². The fraction of sp³-hybridized carbons (Fsp3) is 0.182. The molecule has 2 amide bonds. The number of nitrogens with zero attached hydrogens (tertiary/aromatic N) is 5. The number of carbonyl (C=O) groups excluding carboxylic acids is 2. The van der Waals surface area contributed by atoms with E-state index < -0.39 is 11.2 Å². The van der Waals surface area contributed by atoms with Gasteiger partial charge in [0.15, 0.2) is 22.7 Å². The summed E-state index contributed by atoms with van der Waals surface area (Å²) in [6.45, 7) is 2.22. The molecule has 11 nitrogen and oxygen atoms in total. The number of aromatic nitrogens is 4. The standard InChI is InChI=1S/C33H27Cl2N5O6S/c1-18-5-7-19(8-6-18)16-40-29(41)26(47-33(40)44)14-20-9-12-24(25(13-20)45-4)46-31-36-28-27(30(42)38(3)32(43)37(28)2)39(31)17-21-10-11-22(34)15-23(21)35/h5-15H,16-17H2,1-4H3. The van der Waals surface area contributed by atoms with Crippen LogP contribution in [0, 0.1) is 6.92 Å². The Labute approximate surface area is 282 Å². The minimum atomic E-state index is -0.561. The number of ether oxygens (including phenoxy) is 2. The van der Waals surface area contributed by atoms with Gasteiger partial charge in [-0.25, -0.2) is 4.79 Å². The van der Waals surface area contributed by atoms with Crippen LogP contribution < -0.4 is 20.7 Å². The number of rotatable bonds is 8. The van der Waals surface area contributed by atoms with Gasteiger partial charge in [-0.05, 0) is 65.7 Å². The van der Waals surface area contributed by atoms with Crippen molar-refractivity contribution in [2.24, 2.45) is 14.1 Å². The maximum atomic E-state index is 13.3. The van der Waals surface area contributed by atoms with Crippen LogP contribution in [0.4, 0.5) is 4.79 Å². The van der Waals surface area contributed by atoms with E-state index in [0.29, 0.717) is 26.9 Å². The highest BCUT2D eigenvalue weighted by molar-refractivity contribution is 8.18. The SMILES string of the molecule is COc1cc(C=C2SC(=O)N(Cc3ccc(C)cc3)C2=O)ccc1Oc1nc2c(c(=O)n(C)c(=O)n2C)n1Cc1ccc(Cl)cc1Cl. The summed E-state index contributed by atoms with van der Waals surface area (Å²) in [5, 5.41) is 0.469. The third kappa shape index (κ3) is 6.19. The van der Waals surface area contributed by atoms with Crippen molar-refractivity contribution in [3.63, 3.8) is 0 Å². The average Bonchev–Trinajstić information content (AvgIpc) is 3.53. The van der Waals surface area contributed by atoms with E-state index >= 15 is 0 Å². The largest absolute Gasteiger partial charge is 0.493 e. The second kappa shape index (κ2) is 12.8. The maximum Gasteiger partial charge on any atom is 0.332 e. The number of amides is 2. The van der Waals surface area contributed by atoms with Gasteiger partial charge in [-0.1, -0.05) is 65.2 Å². The highest BCUT2D eigenvalue weighted by Crippen LogP contribution is 2.37. The molecule has 1 aliphatic heterocycles. The maximum absolute atomic E-state index is 13.3. The number of halogens is 2. The van der Waals surface area contributed by atoms with Gasteiger partial charge in [0.25, 0.3) is 16.7 Å². The number of thioether (sulfide) groups is 1. The molecular formula is C33H27Cl2N5O6S. The van der Waals surface area contributed by atoms with Crippen molar-refractivity contribution >= 4 is 63.4 Å². The molecule has 1 fully saturated rings. The molecule has 5 aromatic rings. The number of imide groups is 1. The third-order valence-electron chi connectivity index (χ3n) is 7.68. The van der Waals surface area contributed by atoms with Gasteiger partial charge in [-0.3, -0.25) is 33.0 Å². The van der Waals surface area contributed by atoms with E-state index in [1.165, 1.54) is 35.2 Å². The molecule has 0 radical (unpaired) electrons. The molecule has 6 rings (SSSR count). The molecule has 0 bridgehead atoms. The Hall–Kier alpha value is -4.78. The molecule has 1 aliphatic rings. The van der Waals surface area contributed by atoms with Crippen LogP contribution in [0.1, 0.15) is 22.3 Å². The van der Waals surface area contributed by atoms with Crippen LogP contribution in [0.3, 0.4) is 0 Å². The second-order valence-corrected chi connectivity index (χ2v) is 12.7. The molecule has 1 saturated heterocycles. The Morgan fingerprint density at radius 3 is 2.34 bits per heavy atom. The summed E-state index contributed by atoms with van der Waals surface area (Å²) in [5.74, 6) is 0.155. The Kier molecular flexibility index (Phi) is 8.75. The Morgan fingerprint density at radius 1 is 0.894 bits per heavy atom. The zero-order valence-electron chi connectivity index (χ0n) is 25.6. The van der Waals surface area contributed by atoms with Gasteiger partial charge in [0, 0.05) is 24.1 Å². The normalized spacial score (nSPS) is 14.1. The van der Waals surface area contributed by atoms with Gasteiger partial charge < -0.3 is 9.47 Å². The first-order valence-corrected chi connectivity index (χ1v) is 15.8. The van der Waals surface area contributed by atoms with Crippen molar-refractivity contribution in [1.82, 2.24) is 23.6 Å². The quantitative estimate of drug-likeness (QED) is 0.178. The minimum Gasteiger partial charge on any atom is -0.493 e. The fourth-order valence-corrected chi connectivity index (χ4v) is 6.40. The van der Waals surface area contributed by atoms with Gasteiger partial charge in [-0.15, -0.1) is 0 Å². The van der Waals surface area contributed by atoms with E-state index in [1.807, 2.05) is 31.2 Å². The number of benzene rings is 3. The molecule has 3 aromatic carbocycles. The van der Waals surface area contributed by atoms with Gasteiger partial charge in [0.2, 0.25) is 0 Å². The Morgan fingerprint density at radius 2 is 1.64 bits per heavy atom. The van der Waals surface area contributed by atoms with Crippen molar-refractivity contribution in [2.75, 3.05) is 7.11 Å². The highest BCUT2D eigenvalue weighted by Gasteiger charge is 2.35. The van der Waals surface area contributed by atoms with Gasteiger partial charge in [-0.2, -0.15) is 4.98 Å². The summed E-state index contributed by atoms with van der Waals surface area (Å²) in [5.41, 5.74) is 2.31. The predicted octanol–water partition coefficient (Wildman–Crippen LogP) is 6.13. The summed E-state index contributed by atoms with van der Waals surface area (Å²) in [7, 11) is 4.35. The van der Waals surface area contributed by atoms with E-state index in [4.69, 9.17) is 32.7 Å². The number of hydrogen-bond acceptors (Lipinski definition) is 8. The zero-order valence-corrected chi connectivity index (χ0v) is 27.9. The minimum absolute atomic E-state index is 0.00703. The third-order valence-corrected chi connectivity index (χ3v) is 9.17. The summed E-state index contributed by atoms with van der Waals surface area (Å²) in [6.07, 6.45) is 1.61. The van der Waals surface area contributed by atoms with Crippen LogP contribution in [0.2, 0.25) is 10.0 Å². The lowest BCUT2D eigenvalue weighted by atomic mass is 10.1. The second-order valence-electron chi connectivity index (χ2n) is 10.9. The number of imidazole rings is 1. The zero-order chi connectivity index (χ0) is 33.6. The first kappa shape index (κ1) is 32.2. The molecule has 2 aromatic heterocycles. The number of fused-ring (bicyclic) bond motifs is 1. The van der Waals surface area contributed by atoms with Crippen molar-refractivity contribution in [3.05, 3.63) is 119 Å². The molecule has 3 heterocycles. The van der Waals surface area contributed by atoms with Crippen LogP contribution in [0.5, 0.6) is 17.5 Å². The molecule has 240 valence electrons. The first-order chi connectivity index (χ1) is 22.4. The summed E-state index contributed by atoms with van der Waals surface area (Å²) >= 11 is 13.4. The lowest BCUT2D eigenvalue weighted by Crippen LogP contribution is -2.37. The average molecular weight is 693 g/mol. The number of aryl methyl sites for hydroxylation is 2. The van der Waals surface area contributed by atoms with Crippen molar-refractivity contribution < 1.29 is 19.1 Å². The molecule has 0 N–H and O–H groups in total. The molecule has 0 unspecified atom stereocenters. The first-order valence-electron chi connectivity index (χ1n) is 14.2. The molecule has 0 saturated carbocycles. The predicted molar refractivity (Wildman–Crippen MR) is 182 cm³/mol. The highest BCUT2D eigenvalue weighted by atomic mass is 35.5. The van der Waals surface area contributed by atoms with E-state index in [1.54, 1.807) is 42.5 Å². The van der Waals surface area contributed by atoms with Crippen LogP contribution >= 0.6 is 35.0 Å². The smallest absolute Gasteiger partial charge is 0.332 e. The van der Waals surface area contributed by atoms with E-state index in [-0.39, 0.29) is 52.1 Å². The van der Waals surface area contributed by atoms with E-state index in [2.05, 4.69) is 4.98 Å². The van der Waals surface area contributed by atoms with E-state index in [0.717, 1.165) is 27.5 Å². The molecular weight excluding hydrogens is 665 g/mol. The summed E-state index contributed by atoms with van der Waals surface area (Å²) < 4.78 is 15.6. The molecule has 0 aliphatic carbocycles. The lowest BCUT2D eigenvalue weighted by molar-refractivity contribution is -0.123. The van der Waals surface area contributed by atoms with Crippen LogP contribution in [0.25, 0.3) is 17.2 Å². The van der Waals surface area contributed by atoms with Gasteiger partial charge >= 0.3 is 11.7 Å². The van der Waals surface area contributed by atoms with Crippen molar-refractivity contribution in [3.8, 4) is 17.5 Å². The lowest BCUT2D eigenvalue weighted by Gasteiger charge is -2.14. The van der Waals surface area contributed by atoms with Gasteiger partial charge in [0.1, 0.15) is 0 Å². The van der Waals surface area contributed by atoms with E-state index in [9.17, 15) is 19.2 Å². The summed E-state index contributed by atoms with van der Waals surface area (Å²) in [6, 6.07) is 17.6. The molecule has 47 heavy (non-hydrogen) atoms. The van der Waals surface area contributed by atoms with Gasteiger partial charge in [0.05, 0.1) is 25.1 Å². The fourth-order valence-electron chi connectivity index (χ4n) is 5.09. The van der Waals surface area contributed by atoms with Crippen LogP contribution in [0.15, 0.2) is 75.2 Å². The van der Waals surface area contributed by atoms with Crippen LogP contribution in [-0.2, 0) is 32.0 Å². The van der Waals surface area contributed by atoms with Crippen molar-refractivity contribution in [1.29, 1.82) is 0 Å². The molecule has 0 atom stereocenters. The Balaban J connectivity index is 1.34. The monoisotopic (exact) mass is 691 g/mol. The molecule has 0 spiro atoms. The summed E-state index contributed by atoms with van der Waals surface area (Å²) in [4.78, 5) is 57.9. The molecule has 14 heteroatoms. The Bertz CT molecular complexity index is 2240. The number of carbonyl (C=O) groups is 2. The number of methoxy groups -OCH3 is 1. The van der Waals surface area contributed by atoms with Crippen molar-refractivity contribution in [2.45, 2.75) is 20.0 Å².